The van der Waals surface area contributed by atoms with Crippen LogP contribution in [0, 0.1) is 6.92 Å². The number of rotatable bonds is 3. The first-order valence-corrected chi connectivity index (χ1v) is 9.79. The van der Waals surface area contributed by atoms with Crippen molar-refractivity contribution in [3.63, 3.8) is 0 Å². The fraction of sp³-hybridized carbons (Fsp3) is 0.273. The van der Waals surface area contributed by atoms with Crippen LogP contribution in [0.25, 0.3) is 11.1 Å². The molecule has 3 heterocycles. The van der Waals surface area contributed by atoms with Gasteiger partial charge in [-0.3, -0.25) is 4.79 Å². The zero-order valence-electron chi connectivity index (χ0n) is 16.2. The number of aryl methyl sites for hydroxylation is 1. The Labute approximate surface area is 168 Å². The quantitative estimate of drug-likeness (QED) is 0.540. The molecule has 0 bridgehead atoms. The summed E-state index contributed by atoms with van der Waals surface area (Å²) in [5, 5.41) is 4.66. The lowest BCUT2D eigenvalue weighted by molar-refractivity contribution is 0.0758. The number of nitrogens with zero attached hydrogens (tertiary/aromatic N) is 5. The maximum atomic E-state index is 13.0. The third-order valence-electron chi connectivity index (χ3n) is 5.21. The van der Waals surface area contributed by atoms with Crippen LogP contribution in [0.5, 0.6) is 0 Å². The minimum atomic E-state index is -0.00350. The number of hydrogen-bond donors (Lipinski definition) is 0. The van der Waals surface area contributed by atoms with Gasteiger partial charge in [-0.15, -0.1) is 0 Å². The van der Waals surface area contributed by atoms with Crippen LogP contribution < -0.4 is 0 Å². The maximum absolute atomic E-state index is 13.0. The van der Waals surface area contributed by atoms with E-state index < -0.39 is 0 Å². The SMILES string of the molecule is Cc1nc2ccc(C(=O)N3CCc4nc(Cc5ccccc5)nn4CC3)cc2o1. The van der Waals surface area contributed by atoms with E-state index in [1.807, 2.05) is 39.9 Å². The van der Waals surface area contributed by atoms with E-state index in [1.165, 1.54) is 5.56 Å². The molecule has 0 N–H and O–H groups in total. The second-order valence-corrected chi connectivity index (χ2v) is 7.29. The van der Waals surface area contributed by atoms with Crippen LogP contribution in [0.2, 0.25) is 0 Å². The predicted octanol–water partition coefficient (Wildman–Crippen LogP) is 3.02. The second kappa shape index (κ2) is 7.16. The number of benzene rings is 2. The molecule has 0 spiro atoms. The van der Waals surface area contributed by atoms with Crippen LogP contribution in [0.3, 0.4) is 0 Å². The molecule has 29 heavy (non-hydrogen) atoms. The number of oxazole rings is 1. The summed E-state index contributed by atoms with van der Waals surface area (Å²) in [7, 11) is 0. The van der Waals surface area contributed by atoms with Gasteiger partial charge in [0.15, 0.2) is 17.3 Å². The van der Waals surface area contributed by atoms with Crippen molar-refractivity contribution >= 4 is 17.0 Å². The number of fused-ring (bicyclic) bond motifs is 2. The Kier molecular flexibility index (Phi) is 4.35. The lowest BCUT2D eigenvalue weighted by Gasteiger charge is -2.19. The number of hydrogen-bond acceptors (Lipinski definition) is 5. The molecule has 0 unspecified atom stereocenters. The molecule has 7 heteroatoms. The Balaban J connectivity index is 1.30. The predicted molar refractivity (Wildman–Crippen MR) is 108 cm³/mol. The van der Waals surface area contributed by atoms with Gasteiger partial charge < -0.3 is 9.32 Å². The fourth-order valence-electron chi connectivity index (χ4n) is 3.76. The summed E-state index contributed by atoms with van der Waals surface area (Å²) in [5.41, 5.74) is 3.22. The van der Waals surface area contributed by atoms with Gasteiger partial charge >= 0.3 is 0 Å². The first kappa shape index (κ1) is 17.6. The Bertz CT molecular complexity index is 1150. The highest BCUT2D eigenvalue weighted by atomic mass is 16.3. The van der Waals surface area contributed by atoms with Crippen molar-refractivity contribution in [1.29, 1.82) is 0 Å². The van der Waals surface area contributed by atoms with Crippen LogP contribution in [-0.2, 0) is 19.4 Å². The summed E-state index contributed by atoms with van der Waals surface area (Å²) < 4.78 is 7.50. The lowest BCUT2D eigenvalue weighted by Crippen LogP contribution is -2.33. The number of carbonyl (C=O) groups is 1. The number of carbonyl (C=O) groups excluding carboxylic acids is 1. The van der Waals surface area contributed by atoms with Crippen molar-refractivity contribution in [2.45, 2.75) is 26.3 Å². The van der Waals surface area contributed by atoms with Crippen molar-refractivity contribution in [3.8, 4) is 0 Å². The fourth-order valence-corrected chi connectivity index (χ4v) is 3.76. The van der Waals surface area contributed by atoms with Gasteiger partial charge in [0.1, 0.15) is 11.3 Å². The molecule has 0 atom stereocenters. The molecule has 2 aromatic carbocycles. The monoisotopic (exact) mass is 387 g/mol. The Hall–Kier alpha value is -3.48. The average molecular weight is 387 g/mol. The highest BCUT2D eigenvalue weighted by Crippen LogP contribution is 2.19. The molecule has 146 valence electrons. The van der Waals surface area contributed by atoms with E-state index in [1.54, 1.807) is 13.0 Å². The van der Waals surface area contributed by atoms with Crippen LogP contribution in [0.4, 0.5) is 0 Å². The molecule has 2 aromatic heterocycles. The molecule has 0 aliphatic carbocycles. The van der Waals surface area contributed by atoms with Gasteiger partial charge in [-0.25, -0.2) is 14.6 Å². The van der Waals surface area contributed by atoms with Gasteiger partial charge in [0.05, 0.1) is 6.54 Å². The van der Waals surface area contributed by atoms with E-state index in [0.717, 1.165) is 23.6 Å². The maximum Gasteiger partial charge on any atom is 0.254 e. The summed E-state index contributed by atoms with van der Waals surface area (Å²) in [6.45, 7) is 3.67. The molecule has 0 radical (unpaired) electrons. The molecule has 5 rings (SSSR count). The standard InChI is InChI=1S/C22H21N5O2/c1-15-23-18-8-7-17(14-19(18)29-15)22(28)26-10-9-21-24-20(25-27(21)12-11-26)13-16-5-3-2-4-6-16/h2-8,14H,9-13H2,1H3. The first-order chi connectivity index (χ1) is 14.2. The third kappa shape index (κ3) is 3.51. The van der Waals surface area contributed by atoms with Crippen LogP contribution in [0.1, 0.15) is 33.5 Å². The van der Waals surface area contributed by atoms with E-state index in [-0.39, 0.29) is 5.91 Å². The number of aromatic nitrogens is 4. The van der Waals surface area contributed by atoms with Crippen molar-refractivity contribution < 1.29 is 9.21 Å². The third-order valence-corrected chi connectivity index (χ3v) is 5.21. The van der Waals surface area contributed by atoms with Crippen molar-refractivity contribution in [3.05, 3.63) is 77.2 Å². The van der Waals surface area contributed by atoms with Crippen LogP contribution >= 0.6 is 0 Å². The molecule has 7 nitrogen and oxygen atoms in total. The van der Waals surface area contributed by atoms with Gasteiger partial charge in [0.25, 0.3) is 5.91 Å². The van der Waals surface area contributed by atoms with Crippen molar-refractivity contribution in [1.82, 2.24) is 24.6 Å². The summed E-state index contributed by atoms with van der Waals surface area (Å²) in [5.74, 6) is 2.36. The zero-order chi connectivity index (χ0) is 19.8. The topological polar surface area (TPSA) is 77.1 Å². The second-order valence-electron chi connectivity index (χ2n) is 7.29. The minimum absolute atomic E-state index is 0.00350. The normalized spacial score (nSPS) is 14.0. The molecule has 4 aromatic rings. The molecule has 1 amide bonds. The van der Waals surface area contributed by atoms with Crippen molar-refractivity contribution in [2.75, 3.05) is 13.1 Å². The van der Waals surface area contributed by atoms with Gasteiger partial charge in [0.2, 0.25) is 0 Å². The largest absolute Gasteiger partial charge is 0.441 e. The summed E-state index contributed by atoms with van der Waals surface area (Å²) >= 11 is 0. The Morgan fingerprint density at radius 2 is 1.93 bits per heavy atom. The van der Waals surface area contributed by atoms with Gasteiger partial charge in [-0.05, 0) is 23.8 Å². The number of amides is 1. The average Bonchev–Trinajstić information content (AvgIpc) is 3.23. The van der Waals surface area contributed by atoms with Crippen LogP contribution in [0.15, 0.2) is 52.9 Å². The van der Waals surface area contributed by atoms with Crippen LogP contribution in [-0.4, -0.2) is 43.6 Å². The Morgan fingerprint density at radius 3 is 2.79 bits per heavy atom. The molecule has 1 aliphatic heterocycles. The lowest BCUT2D eigenvalue weighted by atomic mass is 10.1. The highest BCUT2D eigenvalue weighted by molar-refractivity contribution is 5.97. The van der Waals surface area contributed by atoms with Gasteiger partial charge in [-0.2, -0.15) is 5.10 Å². The van der Waals surface area contributed by atoms with E-state index >= 15 is 0 Å². The summed E-state index contributed by atoms with van der Waals surface area (Å²) in [4.78, 5) is 23.9. The molecule has 0 saturated heterocycles. The van der Waals surface area contributed by atoms with E-state index in [4.69, 9.17) is 9.40 Å². The van der Waals surface area contributed by atoms with Gasteiger partial charge in [-0.1, -0.05) is 30.3 Å². The first-order valence-electron chi connectivity index (χ1n) is 9.79. The van der Waals surface area contributed by atoms with E-state index in [2.05, 4.69) is 22.2 Å². The van der Waals surface area contributed by atoms with Crippen molar-refractivity contribution in [2.24, 2.45) is 0 Å². The zero-order valence-corrected chi connectivity index (χ0v) is 16.2. The molecule has 0 saturated carbocycles. The van der Waals surface area contributed by atoms with E-state index in [9.17, 15) is 4.79 Å². The minimum Gasteiger partial charge on any atom is -0.441 e. The Morgan fingerprint density at radius 1 is 1.07 bits per heavy atom. The highest BCUT2D eigenvalue weighted by Gasteiger charge is 2.22. The molecule has 0 fully saturated rings. The summed E-state index contributed by atoms with van der Waals surface area (Å²) in [6.07, 6.45) is 1.41. The van der Waals surface area contributed by atoms with Gasteiger partial charge in [0, 0.05) is 38.4 Å². The molecular formula is C22H21N5O2. The summed E-state index contributed by atoms with van der Waals surface area (Å²) in [6, 6.07) is 15.6. The smallest absolute Gasteiger partial charge is 0.254 e. The molecule has 1 aliphatic rings. The molecular weight excluding hydrogens is 366 g/mol. The van der Waals surface area contributed by atoms with E-state index in [0.29, 0.717) is 43.1 Å².